The minimum atomic E-state index is -1.10. The monoisotopic (exact) mass is 601 g/mol. The molecule has 6 nitrogen and oxygen atoms in total. The van der Waals surface area contributed by atoms with E-state index in [-0.39, 0.29) is 11.8 Å². The number of ether oxygens (including phenoxy) is 6. The van der Waals surface area contributed by atoms with Gasteiger partial charge in [0.2, 0.25) is 0 Å². The quantitative estimate of drug-likeness (QED) is 0.0435. The SMILES string of the molecule is CCCCCCCCCC(C=CC(CCCCCCCCC)C(OCC)(OCC)OCC)C(OCC)(OCC)OCC. The molecule has 0 spiro atoms. The fourth-order valence-electron chi connectivity index (χ4n) is 5.79. The summed E-state index contributed by atoms with van der Waals surface area (Å²) in [6, 6.07) is 0. The molecule has 2 unspecified atom stereocenters. The van der Waals surface area contributed by atoms with Crippen LogP contribution in [0.3, 0.4) is 0 Å². The first kappa shape index (κ1) is 41.5. The first-order valence-corrected chi connectivity index (χ1v) is 18.0. The van der Waals surface area contributed by atoms with E-state index in [1.165, 1.54) is 77.0 Å². The highest BCUT2D eigenvalue weighted by atomic mass is 16.9. The van der Waals surface area contributed by atoms with Gasteiger partial charge in [0.25, 0.3) is 11.9 Å². The van der Waals surface area contributed by atoms with Crippen LogP contribution in [0.2, 0.25) is 0 Å². The summed E-state index contributed by atoms with van der Waals surface area (Å²) in [7, 11) is 0. The lowest BCUT2D eigenvalue weighted by molar-refractivity contribution is -0.398. The lowest BCUT2D eigenvalue weighted by Crippen LogP contribution is -2.47. The first-order chi connectivity index (χ1) is 20.5. The third-order valence-electron chi connectivity index (χ3n) is 7.79. The first-order valence-electron chi connectivity index (χ1n) is 18.0. The van der Waals surface area contributed by atoms with Crippen LogP contribution in [0.4, 0.5) is 0 Å². The molecular formula is C36H72O6. The van der Waals surface area contributed by atoms with Crippen molar-refractivity contribution in [2.75, 3.05) is 39.6 Å². The van der Waals surface area contributed by atoms with Gasteiger partial charge in [-0.25, -0.2) is 0 Å². The molecule has 0 fully saturated rings. The molecule has 0 aromatic carbocycles. The molecule has 0 radical (unpaired) electrons. The molecule has 0 aliphatic carbocycles. The van der Waals surface area contributed by atoms with Gasteiger partial charge in [-0.1, -0.05) is 116 Å². The molecule has 0 aromatic rings. The molecule has 0 aromatic heterocycles. The van der Waals surface area contributed by atoms with Crippen molar-refractivity contribution in [3.05, 3.63) is 12.2 Å². The molecule has 0 saturated heterocycles. The maximum absolute atomic E-state index is 6.30. The maximum Gasteiger partial charge on any atom is 0.289 e. The van der Waals surface area contributed by atoms with Gasteiger partial charge in [-0.15, -0.1) is 0 Å². The Hall–Kier alpha value is -0.500. The molecule has 0 amide bonds. The van der Waals surface area contributed by atoms with E-state index in [4.69, 9.17) is 28.4 Å². The second-order valence-corrected chi connectivity index (χ2v) is 11.2. The topological polar surface area (TPSA) is 55.4 Å². The molecule has 0 bridgehead atoms. The zero-order valence-electron chi connectivity index (χ0n) is 29.3. The molecule has 0 heterocycles. The summed E-state index contributed by atoms with van der Waals surface area (Å²) in [5.74, 6) is -2.34. The smallest absolute Gasteiger partial charge is 0.289 e. The van der Waals surface area contributed by atoms with Gasteiger partial charge >= 0.3 is 0 Å². The van der Waals surface area contributed by atoms with E-state index in [0.717, 1.165) is 25.7 Å². The van der Waals surface area contributed by atoms with E-state index >= 15 is 0 Å². The van der Waals surface area contributed by atoms with Crippen molar-refractivity contribution in [2.24, 2.45) is 11.8 Å². The average molecular weight is 601 g/mol. The lowest BCUT2D eigenvalue weighted by atomic mass is 9.92. The molecule has 0 aliphatic heterocycles. The van der Waals surface area contributed by atoms with E-state index in [1.54, 1.807) is 0 Å². The van der Waals surface area contributed by atoms with Gasteiger partial charge in [-0.05, 0) is 54.4 Å². The highest BCUT2D eigenvalue weighted by molar-refractivity contribution is 5.00. The van der Waals surface area contributed by atoms with Crippen LogP contribution in [0.5, 0.6) is 0 Å². The zero-order chi connectivity index (χ0) is 31.4. The zero-order valence-corrected chi connectivity index (χ0v) is 29.3. The van der Waals surface area contributed by atoms with Crippen LogP contribution in [0, 0.1) is 11.8 Å². The number of hydrogen-bond donors (Lipinski definition) is 0. The predicted molar refractivity (Wildman–Crippen MR) is 177 cm³/mol. The van der Waals surface area contributed by atoms with Crippen molar-refractivity contribution in [2.45, 2.75) is 170 Å². The molecule has 6 heteroatoms. The van der Waals surface area contributed by atoms with Crippen LogP contribution in [0.15, 0.2) is 12.2 Å². The Morgan fingerprint density at radius 3 is 0.833 bits per heavy atom. The van der Waals surface area contributed by atoms with Gasteiger partial charge in [0.05, 0.1) is 11.8 Å². The van der Waals surface area contributed by atoms with Crippen LogP contribution in [-0.2, 0) is 28.4 Å². The third kappa shape index (κ3) is 17.1. The van der Waals surface area contributed by atoms with Crippen LogP contribution >= 0.6 is 0 Å². The Bertz CT molecular complexity index is 511. The number of hydrogen-bond acceptors (Lipinski definition) is 6. The van der Waals surface area contributed by atoms with Gasteiger partial charge in [-0.3, -0.25) is 0 Å². The summed E-state index contributed by atoms with van der Waals surface area (Å²) < 4.78 is 37.8. The predicted octanol–water partition coefficient (Wildman–Crippen LogP) is 10.6. The van der Waals surface area contributed by atoms with E-state index in [0.29, 0.717) is 39.6 Å². The highest BCUT2D eigenvalue weighted by Crippen LogP contribution is 2.36. The second-order valence-electron chi connectivity index (χ2n) is 11.2. The van der Waals surface area contributed by atoms with Gasteiger partial charge in [0.1, 0.15) is 0 Å². The van der Waals surface area contributed by atoms with Crippen LogP contribution < -0.4 is 0 Å². The van der Waals surface area contributed by atoms with Crippen molar-refractivity contribution < 1.29 is 28.4 Å². The molecular weight excluding hydrogens is 528 g/mol. The van der Waals surface area contributed by atoms with Crippen molar-refractivity contribution in [3.8, 4) is 0 Å². The minimum absolute atomic E-state index is 0.0629. The van der Waals surface area contributed by atoms with Gasteiger partial charge in [0.15, 0.2) is 0 Å². The maximum atomic E-state index is 6.30. The van der Waals surface area contributed by atoms with Crippen LogP contribution in [0.1, 0.15) is 158 Å². The lowest BCUT2D eigenvalue weighted by Gasteiger charge is -2.40. The fraction of sp³-hybridized carbons (Fsp3) is 0.944. The molecule has 0 aliphatic rings. The number of rotatable bonds is 32. The Labute approximate surface area is 262 Å². The Morgan fingerprint density at radius 2 is 0.595 bits per heavy atom. The summed E-state index contributed by atoms with van der Waals surface area (Å²) in [4.78, 5) is 0. The second kappa shape index (κ2) is 28.0. The van der Waals surface area contributed by atoms with Crippen LogP contribution in [-0.4, -0.2) is 51.6 Å². The minimum Gasteiger partial charge on any atom is -0.327 e. The number of unbranched alkanes of at least 4 members (excludes halogenated alkanes) is 12. The molecule has 0 saturated carbocycles. The molecule has 2 atom stereocenters. The van der Waals surface area contributed by atoms with Crippen molar-refractivity contribution >= 4 is 0 Å². The van der Waals surface area contributed by atoms with Crippen molar-refractivity contribution in [1.29, 1.82) is 0 Å². The highest BCUT2D eigenvalue weighted by Gasteiger charge is 2.43. The Balaban J connectivity index is 6.13. The Morgan fingerprint density at radius 1 is 0.357 bits per heavy atom. The standard InChI is InChI=1S/C36H72O6/c1-9-17-19-21-23-25-27-29-33(35(37-11-3,38-12-4)39-13-5)31-32-34(30-28-26-24-22-20-18-10-2)36(40-14-6,41-15-7)42-16-8/h31-34H,9-30H2,1-8H3. The summed E-state index contributed by atoms with van der Waals surface area (Å²) in [5, 5.41) is 0. The van der Waals surface area contributed by atoms with E-state index in [9.17, 15) is 0 Å². The molecule has 252 valence electrons. The van der Waals surface area contributed by atoms with Crippen molar-refractivity contribution in [3.63, 3.8) is 0 Å². The largest absolute Gasteiger partial charge is 0.327 e. The van der Waals surface area contributed by atoms with E-state index in [2.05, 4.69) is 26.0 Å². The van der Waals surface area contributed by atoms with Gasteiger partial charge in [-0.2, -0.15) is 0 Å². The molecule has 0 N–H and O–H groups in total. The third-order valence-corrected chi connectivity index (χ3v) is 7.79. The van der Waals surface area contributed by atoms with Gasteiger partial charge < -0.3 is 28.4 Å². The molecule has 42 heavy (non-hydrogen) atoms. The summed E-state index contributed by atoms with van der Waals surface area (Å²) in [5.41, 5.74) is 0. The van der Waals surface area contributed by atoms with Crippen LogP contribution in [0.25, 0.3) is 0 Å². The van der Waals surface area contributed by atoms with Crippen molar-refractivity contribution in [1.82, 2.24) is 0 Å². The van der Waals surface area contributed by atoms with E-state index in [1.807, 2.05) is 41.5 Å². The summed E-state index contributed by atoms with van der Waals surface area (Å²) in [6.45, 7) is 19.7. The fourth-order valence-corrected chi connectivity index (χ4v) is 5.79. The average Bonchev–Trinajstić information content (AvgIpc) is 2.97. The molecule has 0 rings (SSSR count). The summed E-state index contributed by atoms with van der Waals surface area (Å²) in [6.07, 6.45) is 24.0. The van der Waals surface area contributed by atoms with E-state index < -0.39 is 11.9 Å². The Kier molecular flexibility index (Phi) is 27.7. The van der Waals surface area contributed by atoms with Gasteiger partial charge in [0, 0.05) is 39.6 Å². The summed E-state index contributed by atoms with van der Waals surface area (Å²) >= 11 is 0. The normalized spacial score (nSPS) is 14.2.